The van der Waals surface area contributed by atoms with Crippen LogP contribution in [-0.2, 0) is 4.74 Å². The quantitative estimate of drug-likeness (QED) is 0.674. The minimum atomic E-state index is -0.493. The van der Waals surface area contributed by atoms with Crippen molar-refractivity contribution in [3.63, 3.8) is 0 Å². The van der Waals surface area contributed by atoms with Crippen LogP contribution in [0.1, 0.15) is 19.3 Å². The summed E-state index contributed by atoms with van der Waals surface area (Å²) in [6.07, 6.45) is 4.43. The van der Waals surface area contributed by atoms with Gasteiger partial charge in [-0.3, -0.25) is 0 Å². The zero-order chi connectivity index (χ0) is 14.1. The van der Waals surface area contributed by atoms with Gasteiger partial charge in [0, 0.05) is 19.2 Å². The fourth-order valence-electron chi connectivity index (χ4n) is 2.56. The largest absolute Gasteiger partial charge is 0.381 e. The van der Waals surface area contributed by atoms with Gasteiger partial charge in [0.1, 0.15) is 6.20 Å². The fourth-order valence-corrected chi connectivity index (χ4v) is 2.56. The number of nitrogens with zero attached hydrogens (tertiary/aromatic N) is 4. The number of anilines is 1. The molecular weight excluding hydrogens is 262 g/mol. The van der Waals surface area contributed by atoms with E-state index in [0.29, 0.717) is 11.5 Å². The molecule has 0 radical (unpaired) electrons. The fraction of sp³-hybridized carbons (Fsp3) is 0.500. The molecule has 8 nitrogen and oxygen atoms in total. The third-order valence-corrected chi connectivity index (χ3v) is 3.60. The Bertz CT molecular complexity index is 641. The van der Waals surface area contributed by atoms with Gasteiger partial charge in [0.15, 0.2) is 5.82 Å². The maximum absolute atomic E-state index is 10.9. The summed E-state index contributed by atoms with van der Waals surface area (Å²) in [5.74, 6) is 0.477. The molecule has 0 saturated heterocycles. The van der Waals surface area contributed by atoms with Crippen molar-refractivity contribution in [1.29, 1.82) is 0 Å². The van der Waals surface area contributed by atoms with Crippen molar-refractivity contribution in [2.24, 2.45) is 0 Å². The van der Waals surface area contributed by atoms with Crippen LogP contribution in [0.15, 0.2) is 18.3 Å². The molecule has 1 aliphatic rings. The Hall–Kier alpha value is -2.22. The number of methoxy groups -OCH3 is 1. The minimum Gasteiger partial charge on any atom is -0.381 e. The third-order valence-electron chi connectivity index (χ3n) is 3.60. The molecule has 2 unspecified atom stereocenters. The normalized spacial score (nSPS) is 22.2. The third kappa shape index (κ3) is 2.29. The van der Waals surface area contributed by atoms with Crippen molar-refractivity contribution < 1.29 is 9.66 Å². The van der Waals surface area contributed by atoms with Crippen molar-refractivity contribution in [2.75, 3.05) is 12.4 Å². The van der Waals surface area contributed by atoms with E-state index in [1.807, 2.05) is 0 Å². The van der Waals surface area contributed by atoms with Gasteiger partial charge in [0.2, 0.25) is 5.65 Å². The van der Waals surface area contributed by atoms with E-state index in [0.717, 1.165) is 19.3 Å². The topological polar surface area (TPSA) is 94.6 Å². The lowest BCUT2D eigenvalue weighted by Crippen LogP contribution is -2.18. The summed E-state index contributed by atoms with van der Waals surface area (Å²) < 4.78 is 6.56. The van der Waals surface area contributed by atoms with E-state index in [9.17, 15) is 10.1 Å². The van der Waals surface area contributed by atoms with Crippen molar-refractivity contribution in [3.8, 4) is 0 Å². The highest BCUT2D eigenvalue weighted by Crippen LogP contribution is 2.24. The minimum absolute atomic E-state index is 0.134. The molecule has 0 spiro atoms. The summed E-state index contributed by atoms with van der Waals surface area (Å²) in [6.45, 7) is 0. The van der Waals surface area contributed by atoms with Crippen LogP contribution < -0.4 is 5.32 Å². The molecule has 1 saturated carbocycles. The molecule has 20 heavy (non-hydrogen) atoms. The van der Waals surface area contributed by atoms with Gasteiger partial charge < -0.3 is 20.2 Å². The van der Waals surface area contributed by atoms with E-state index in [1.54, 1.807) is 19.2 Å². The highest BCUT2D eigenvalue weighted by Gasteiger charge is 2.25. The van der Waals surface area contributed by atoms with Crippen molar-refractivity contribution in [2.45, 2.75) is 31.4 Å². The molecule has 0 amide bonds. The van der Waals surface area contributed by atoms with E-state index < -0.39 is 4.92 Å². The first-order chi connectivity index (χ1) is 9.67. The molecule has 3 rings (SSSR count). The van der Waals surface area contributed by atoms with Gasteiger partial charge in [-0.15, -0.1) is 0 Å². The Morgan fingerprint density at radius 2 is 2.35 bits per heavy atom. The highest BCUT2D eigenvalue weighted by molar-refractivity contribution is 5.48. The maximum Gasteiger partial charge on any atom is 0.368 e. The van der Waals surface area contributed by atoms with Gasteiger partial charge in [-0.1, -0.05) is 9.61 Å². The van der Waals surface area contributed by atoms with Crippen LogP contribution in [0.2, 0.25) is 0 Å². The maximum atomic E-state index is 10.9. The number of rotatable bonds is 4. The number of fused-ring (bicyclic) bond motifs is 1. The summed E-state index contributed by atoms with van der Waals surface area (Å²) in [5, 5.41) is 18.4. The smallest absolute Gasteiger partial charge is 0.368 e. The van der Waals surface area contributed by atoms with Crippen LogP contribution in [-0.4, -0.2) is 38.8 Å². The molecule has 8 heteroatoms. The molecule has 1 aliphatic carbocycles. The molecule has 0 aromatic carbocycles. The van der Waals surface area contributed by atoms with Crippen LogP contribution in [0.25, 0.3) is 5.65 Å². The number of hydrogen-bond acceptors (Lipinski definition) is 6. The Morgan fingerprint density at radius 1 is 1.50 bits per heavy atom. The molecule has 106 valence electrons. The van der Waals surface area contributed by atoms with Crippen molar-refractivity contribution in [1.82, 2.24) is 14.6 Å². The first-order valence-corrected chi connectivity index (χ1v) is 6.46. The number of aromatic nitrogens is 3. The van der Waals surface area contributed by atoms with E-state index in [1.165, 1.54) is 10.7 Å². The Balaban J connectivity index is 1.82. The number of nitro groups is 1. The van der Waals surface area contributed by atoms with E-state index in [4.69, 9.17) is 4.74 Å². The number of nitrogens with one attached hydrogen (secondary N) is 1. The number of hydrogen-bond donors (Lipinski definition) is 1. The first-order valence-electron chi connectivity index (χ1n) is 6.46. The predicted octanol–water partition coefficient (Wildman–Crippen LogP) is 1.62. The van der Waals surface area contributed by atoms with Crippen molar-refractivity contribution in [3.05, 3.63) is 28.4 Å². The van der Waals surface area contributed by atoms with Gasteiger partial charge in [-0.2, -0.15) is 0 Å². The number of imidazole rings is 1. The standard InChI is InChI=1S/C12H15N5O3/c1-20-9-3-2-8(6-9)14-10-4-5-11-13-7-12(17(18)19)16(11)15-10/h4-5,7-9H,2-3,6H2,1H3,(H,14,15). The second kappa shape index (κ2) is 5.04. The lowest BCUT2D eigenvalue weighted by Gasteiger charge is -2.12. The van der Waals surface area contributed by atoms with Crippen LogP contribution in [0.3, 0.4) is 0 Å². The van der Waals surface area contributed by atoms with Gasteiger partial charge in [0.25, 0.3) is 0 Å². The van der Waals surface area contributed by atoms with Crippen LogP contribution >= 0.6 is 0 Å². The SMILES string of the molecule is COC1CCC(Nc2ccc3ncc([N+](=O)[O-])n3n2)C1. The van der Waals surface area contributed by atoms with Gasteiger partial charge in [0.05, 0.1) is 6.10 Å². The zero-order valence-corrected chi connectivity index (χ0v) is 11.0. The predicted molar refractivity (Wildman–Crippen MR) is 71.7 cm³/mol. The van der Waals surface area contributed by atoms with Crippen molar-refractivity contribution >= 4 is 17.3 Å². The average molecular weight is 277 g/mol. The van der Waals surface area contributed by atoms with E-state index in [-0.39, 0.29) is 18.0 Å². The van der Waals surface area contributed by atoms with E-state index >= 15 is 0 Å². The zero-order valence-electron chi connectivity index (χ0n) is 11.0. The molecule has 2 aromatic heterocycles. The second-order valence-corrected chi connectivity index (χ2v) is 4.87. The molecule has 0 aliphatic heterocycles. The summed E-state index contributed by atoms with van der Waals surface area (Å²) in [7, 11) is 1.71. The summed E-state index contributed by atoms with van der Waals surface area (Å²) in [5.41, 5.74) is 0.462. The molecule has 2 atom stereocenters. The van der Waals surface area contributed by atoms with E-state index in [2.05, 4.69) is 15.4 Å². The Morgan fingerprint density at radius 3 is 3.05 bits per heavy atom. The summed E-state index contributed by atoms with van der Waals surface area (Å²) >= 11 is 0. The average Bonchev–Trinajstić information content (AvgIpc) is 3.04. The lowest BCUT2D eigenvalue weighted by atomic mass is 10.2. The van der Waals surface area contributed by atoms with Crippen LogP contribution in [0, 0.1) is 10.1 Å². The lowest BCUT2D eigenvalue weighted by molar-refractivity contribution is -0.391. The second-order valence-electron chi connectivity index (χ2n) is 4.87. The summed E-state index contributed by atoms with van der Waals surface area (Å²) in [6, 6.07) is 3.78. The molecule has 1 N–H and O–H groups in total. The van der Waals surface area contributed by atoms with Crippen LogP contribution in [0.4, 0.5) is 11.6 Å². The highest BCUT2D eigenvalue weighted by atomic mass is 16.6. The number of ether oxygens (including phenoxy) is 1. The van der Waals surface area contributed by atoms with Gasteiger partial charge in [-0.05, 0) is 30.3 Å². The molecular formula is C12H15N5O3. The molecule has 1 fully saturated rings. The van der Waals surface area contributed by atoms with Crippen LogP contribution in [0.5, 0.6) is 0 Å². The van der Waals surface area contributed by atoms with Gasteiger partial charge in [-0.25, -0.2) is 4.98 Å². The Kier molecular flexibility index (Phi) is 3.23. The monoisotopic (exact) mass is 277 g/mol. The molecule has 2 aromatic rings. The van der Waals surface area contributed by atoms with Gasteiger partial charge >= 0.3 is 5.82 Å². The Labute approximate surface area is 114 Å². The first kappa shape index (κ1) is 12.8. The molecule has 2 heterocycles. The summed E-state index contributed by atoms with van der Waals surface area (Å²) in [4.78, 5) is 14.3. The molecule has 0 bridgehead atoms.